The third-order valence-electron chi connectivity index (χ3n) is 1.22. The molecule has 5 heteroatoms. The molecule has 0 N–H and O–H groups in total. The second-order valence-electron chi connectivity index (χ2n) is 2.04. The average Bonchev–Trinajstić information content (AvgIpc) is 2.05. The molecule has 0 aliphatic heterocycles. The summed E-state index contributed by atoms with van der Waals surface area (Å²) < 4.78 is 0. The number of carbonyl (C=O) groups excluding carboxylic acids is 1. The maximum Gasteiger partial charge on any atom is 0.0422 e. The van der Waals surface area contributed by atoms with Crippen LogP contribution in [0.15, 0.2) is 17.2 Å². The molecule has 0 saturated carbocycles. The fourth-order valence-electron chi connectivity index (χ4n) is 0.763. The summed E-state index contributed by atoms with van der Waals surface area (Å²) in [6.07, 6.45) is 3.21. The van der Waals surface area contributed by atoms with Crippen LogP contribution < -0.4 is 0 Å². The third-order valence-corrected chi connectivity index (χ3v) is 2.33. The molecule has 13 heavy (non-hydrogen) atoms. The monoisotopic (exact) mass is 298 g/mol. The van der Waals surface area contributed by atoms with Crippen LogP contribution in [0.25, 0.3) is 0 Å². The first kappa shape index (κ1) is 13.1. The fraction of sp³-hybridized carbons (Fsp3) is 0.250. The molecule has 0 aliphatic carbocycles. The predicted octanol–water partition coefficient (Wildman–Crippen LogP) is 2.30. The molecule has 1 rings (SSSR count). The quantitative estimate of drug-likeness (QED) is 0.487. The van der Waals surface area contributed by atoms with E-state index in [1.807, 2.05) is 6.92 Å². The van der Waals surface area contributed by atoms with Gasteiger partial charge < -0.3 is 4.79 Å². The van der Waals surface area contributed by atoms with Crippen LogP contribution in [0.5, 0.6) is 0 Å². The van der Waals surface area contributed by atoms with Crippen LogP contribution in [-0.4, -0.2) is 17.0 Å². The molecule has 2 nitrogen and oxygen atoms in total. The Kier molecular flexibility index (Phi) is 6.65. The molecule has 70 valence electrons. The van der Waals surface area contributed by atoms with E-state index in [0.29, 0.717) is 10.7 Å². The van der Waals surface area contributed by atoms with Gasteiger partial charge in [-0.1, -0.05) is 24.2 Å². The molecular formula is C8H7ClMoNOS-. The second-order valence-corrected chi connectivity index (χ2v) is 3.78. The first-order valence-electron chi connectivity index (χ1n) is 3.44. The maximum atomic E-state index is 10.4. The number of halogens is 1. The zero-order valence-corrected chi connectivity index (χ0v) is 10.5. The number of hydrogen-bond acceptors (Lipinski definition) is 3. The Morgan fingerprint density at radius 3 is 2.92 bits per heavy atom. The van der Waals surface area contributed by atoms with Crippen molar-refractivity contribution in [2.45, 2.75) is 11.8 Å². The smallest absolute Gasteiger partial charge is 0.0422 e. The van der Waals surface area contributed by atoms with Gasteiger partial charge in [-0.15, -0.1) is 11.0 Å². The van der Waals surface area contributed by atoms with E-state index in [-0.39, 0.29) is 21.1 Å². The number of rotatable bonds is 3. The summed E-state index contributed by atoms with van der Waals surface area (Å²) in [6, 6.07) is 1.73. The summed E-state index contributed by atoms with van der Waals surface area (Å²) in [6.45, 7) is 2.00. The predicted molar refractivity (Wildman–Crippen MR) is 50.4 cm³/mol. The van der Waals surface area contributed by atoms with Crippen molar-refractivity contribution in [3.05, 3.63) is 23.0 Å². The van der Waals surface area contributed by atoms with Crippen molar-refractivity contribution in [2.24, 2.45) is 0 Å². The fourth-order valence-corrected chi connectivity index (χ4v) is 1.74. The van der Waals surface area contributed by atoms with E-state index < -0.39 is 0 Å². The molecular weight excluding hydrogens is 290 g/mol. The zero-order valence-electron chi connectivity index (χ0n) is 6.91. The van der Waals surface area contributed by atoms with Crippen molar-refractivity contribution in [3.8, 4) is 0 Å². The first-order chi connectivity index (χ1) is 5.77. The Bertz CT molecular complexity index is 295. The van der Waals surface area contributed by atoms with Gasteiger partial charge in [-0.25, -0.2) is 11.8 Å². The number of hydrogen-bond donors (Lipinski definition) is 0. The third kappa shape index (κ3) is 3.80. The van der Waals surface area contributed by atoms with Crippen molar-refractivity contribution in [2.75, 3.05) is 5.75 Å². The normalized spacial score (nSPS) is 9.08. The number of aromatic nitrogens is 1. The van der Waals surface area contributed by atoms with Gasteiger partial charge in [0.2, 0.25) is 0 Å². The summed E-state index contributed by atoms with van der Waals surface area (Å²) in [4.78, 5) is 15.0. The van der Waals surface area contributed by atoms with Crippen molar-refractivity contribution in [1.29, 1.82) is 0 Å². The van der Waals surface area contributed by atoms with Crippen LogP contribution in [0.2, 0.25) is 5.02 Å². The molecule has 0 spiro atoms. The Morgan fingerprint density at radius 2 is 2.38 bits per heavy atom. The van der Waals surface area contributed by atoms with E-state index in [1.165, 1.54) is 18.0 Å². The van der Waals surface area contributed by atoms with Gasteiger partial charge in [0, 0.05) is 38.6 Å². The van der Waals surface area contributed by atoms with Gasteiger partial charge in [-0.05, 0) is 5.75 Å². The van der Waals surface area contributed by atoms with E-state index in [2.05, 4.69) is 4.98 Å². The SMILES string of the molecule is CCSc1cc(Cl)cnc1[C-]=O.[Mo]. The van der Waals surface area contributed by atoms with Crippen LogP contribution in [0, 0.1) is 0 Å². The molecule has 1 aromatic rings. The van der Waals surface area contributed by atoms with Crippen molar-refractivity contribution >= 4 is 29.6 Å². The van der Waals surface area contributed by atoms with Gasteiger partial charge in [-0.2, -0.15) is 0 Å². The largest absolute Gasteiger partial charge is 0.417 e. The van der Waals surface area contributed by atoms with Crippen molar-refractivity contribution in [3.63, 3.8) is 0 Å². The Morgan fingerprint density at radius 1 is 1.69 bits per heavy atom. The standard InChI is InChI=1S/C8H7ClNOS.Mo/c1-2-12-8-3-6(9)4-10-7(8)5-11;/h3-4H,2H2,1H3;/q-1;. The minimum Gasteiger partial charge on any atom is -0.417 e. The maximum absolute atomic E-state index is 10.4. The van der Waals surface area contributed by atoms with E-state index >= 15 is 0 Å². The molecule has 0 bridgehead atoms. The van der Waals surface area contributed by atoms with Crippen LogP contribution in [0.3, 0.4) is 0 Å². The van der Waals surface area contributed by atoms with Gasteiger partial charge in [0.15, 0.2) is 0 Å². The zero-order chi connectivity index (χ0) is 8.97. The minimum absolute atomic E-state index is 0. The first-order valence-corrected chi connectivity index (χ1v) is 4.80. The van der Waals surface area contributed by atoms with Gasteiger partial charge in [0.25, 0.3) is 0 Å². The number of nitrogens with zero attached hydrogens (tertiary/aromatic N) is 1. The van der Waals surface area contributed by atoms with E-state index in [1.54, 1.807) is 12.4 Å². The van der Waals surface area contributed by atoms with Gasteiger partial charge in [0.05, 0.1) is 0 Å². The van der Waals surface area contributed by atoms with Crippen molar-refractivity contribution < 1.29 is 25.9 Å². The number of thioether (sulfide) groups is 1. The molecule has 0 aliphatic rings. The second kappa shape index (κ2) is 6.58. The van der Waals surface area contributed by atoms with E-state index in [9.17, 15) is 4.79 Å². The van der Waals surface area contributed by atoms with Crippen LogP contribution in [0.1, 0.15) is 12.6 Å². The number of pyridine rings is 1. The molecule has 0 amide bonds. The molecule has 1 heterocycles. The molecule has 0 saturated heterocycles. The summed E-state index contributed by atoms with van der Waals surface area (Å²) in [5, 5.41) is 0.546. The summed E-state index contributed by atoms with van der Waals surface area (Å²) in [5.41, 5.74) is 0.339. The van der Waals surface area contributed by atoms with Crippen molar-refractivity contribution in [1.82, 2.24) is 4.98 Å². The summed E-state index contributed by atoms with van der Waals surface area (Å²) in [7, 11) is 0. The van der Waals surface area contributed by atoms with Gasteiger partial charge in [-0.3, -0.25) is 4.98 Å². The molecule has 0 fully saturated rings. The van der Waals surface area contributed by atoms with E-state index in [0.717, 1.165) is 10.6 Å². The summed E-state index contributed by atoms with van der Waals surface area (Å²) >= 11 is 7.24. The minimum atomic E-state index is 0. The molecule has 1 aromatic heterocycles. The molecule has 0 atom stereocenters. The Balaban J connectivity index is 0.00000144. The average molecular weight is 297 g/mol. The van der Waals surface area contributed by atoms with E-state index in [4.69, 9.17) is 11.6 Å². The van der Waals surface area contributed by atoms with Gasteiger partial charge >= 0.3 is 0 Å². The van der Waals surface area contributed by atoms with Crippen LogP contribution in [-0.2, 0) is 25.9 Å². The van der Waals surface area contributed by atoms with Gasteiger partial charge in [0.1, 0.15) is 0 Å². The Hall–Kier alpha value is 0.148. The van der Waals surface area contributed by atoms with Crippen LogP contribution >= 0.6 is 23.4 Å². The molecule has 0 radical (unpaired) electrons. The topological polar surface area (TPSA) is 30.0 Å². The summed E-state index contributed by atoms with van der Waals surface area (Å²) in [5.74, 6) is 0.886. The molecule has 0 unspecified atom stereocenters. The van der Waals surface area contributed by atoms with Crippen LogP contribution in [0.4, 0.5) is 0 Å². The Labute approximate surface area is 101 Å². The molecule has 0 aromatic carbocycles.